The van der Waals surface area contributed by atoms with Gasteiger partial charge in [0, 0.05) is 11.9 Å². The Morgan fingerprint density at radius 3 is 2.83 bits per heavy atom. The molecule has 0 bridgehead atoms. The Morgan fingerprint density at radius 2 is 2.17 bits per heavy atom. The van der Waals surface area contributed by atoms with Crippen molar-refractivity contribution in [1.29, 1.82) is 0 Å². The molecule has 1 aromatic heterocycles. The Balaban J connectivity index is 2.25. The number of carbonyl (C=O) groups is 1. The summed E-state index contributed by atoms with van der Waals surface area (Å²) in [7, 11) is 0. The molecule has 0 saturated carbocycles. The van der Waals surface area contributed by atoms with Crippen molar-refractivity contribution >= 4 is 28.9 Å². The Bertz CT molecular complexity index is 604. The van der Waals surface area contributed by atoms with Gasteiger partial charge in [-0.1, -0.05) is 11.6 Å². The molecule has 1 aromatic carbocycles. The van der Waals surface area contributed by atoms with Gasteiger partial charge in [-0.2, -0.15) is 0 Å². The average Bonchev–Trinajstić information content (AvgIpc) is 2.32. The lowest BCUT2D eigenvalue weighted by Crippen LogP contribution is -2.14. The predicted octanol–water partition coefficient (Wildman–Crippen LogP) is 2.71. The van der Waals surface area contributed by atoms with Gasteiger partial charge < -0.3 is 11.1 Å². The fourth-order valence-corrected chi connectivity index (χ4v) is 1.53. The first kappa shape index (κ1) is 12.3. The molecule has 2 aromatic rings. The Labute approximate surface area is 108 Å². The maximum Gasteiger partial charge on any atom is 0.258 e. The Kier molecular flexibility index (Phi) is 3.43. The summed E-state index contributed by atoms with van der Waals surface area (Å²) in [6.45, 7) is 0. The molecule has 1 heterocycles. The van der Waals surface area contributed by atoms with E-state index in [0.29, 0.717) is 10.7 Å². The van der Waals surface area contributed by atoms with E-state index >= 15 is 0 Å². The van der Waals surface area contributed by atoms with Gasteiger partial charge in [0.2, 0.25) is 0 Å². The molecule has 3 N–H and O–H groups in total. The van der Waals surface area contributed by atoms with Gasteiger partial charge in [-0.15, -0.1) is 0 Å². The van der Waals surface area contributed by atoms with E-state index in [9.17, 15) is 9.18 Å². The molecular weight excluding hydrogens is 257 g/mol. The van der Waals surface area contributed by atoms with Gasteiger partial charge in [0.25, 0.3) is 5.91 Å². The third-order valence-corrected chi connectivity index (χ3v) is 2.58. The fraction of sp³-hybridized carbons (Fsp3) is 0. The van der Waals surface area contributed by atoms with Gasteiger partial charge >= 0.3 is 0 Å². The number of nitrogens with one attached hydrogen (secondary N) is 1. The number of halogens is 2. The van der Waals surface area contributed by atoms with Gasteiger partial charge in [-0.25, -0.2) is 4.39 Å². The number of hydrogen-bond donors (Lipinski definition) is 2. The first-order valence-corrected chi connectivity index (χ1v) is 5.41. The monoisotopic (exact) mass is 265 g/mol. The number of amides is 1. The van der Waals surface area contributed by atoms with Crippen LogP contribution in [0.5, 0.6) is 0 Å². The largest absolute Gasteiger partial charge is 0.399 e. The zero-order valence-corrected chi connectivity index (χ0v) is 9.91. The molecule has 0 aliphatic carbocycles. The van der Waals surface area contributed by atoms with Crippen molar-refractivity contribution in [3.05, 3.63) is 53.1 Å². The van der Waals surface area contributed by atoms with Crippen LogP contribution in [-0.2, 0) is 0 Å². The van der Waals surface area contributed by atoms with E-state index in [4.69, 9.17) is 17.3 Å². The fourth-order valence-electron chi connectivity index (χ4n) is 1.37. The molecule has 0 aliphatic rings. The molecular formula is C12H9ClFN3O. The highest BCUT2D eigenvalue weighted by Crippen LogP contribution is 2.21. The summed E-state index contributed by atoms with van der Waals surface area (Å²) >= 11 is 5.85. The number of carbonyl (C=O) groups excluding carboxylic acids is 1. The third kappa shape index (κ3) is 2.57. The number of nitrogens with zero attached hydrogens (tertiary/aromatic N) is 1. The highest BCUT2D eigenvalue weighted by Gasteiger charge is 2.13. The van der Waals surface area contributed by atoms with E-state index in [1.807, 2.05) is 0 Å². The Hall–Kier alpha value is -2.14. The molecule has 0 fully saturated rings. The molecule has 0 aliphatic heterocycles. The van der Waals surface area contributed by atoms with Gasteiger partial charge in [0.1, 0.15) is 5.82 Å². The first-order chi connectivity index (χ1) is 8.58. The summed E-state index contributed by atoms with van der Waals surface area (Å²) in [6.07, 6.45) is 2.87. The number of aromatic nitrogens is 1. The quantitative estimate of drug-likeness (QED) is 0.821. The van der Waals surface area contributed by atoms with Crippen molar-refractivity contribution in [3.8, 4) is 0 Å². The van der Waals surface area contributed by atoms with Crippen molar-refractivity contribution < 1.29 is 9.18 Å². The molecule has 0 unspecified atom stereocenters. The topological polar surface area (TPSA) is 68.0 Å². The molecule has 4 nitrogen and oxygen atoms in total. The van der Waals surface area contributed by atoms with E-state index in [2.05, 4.69) is 10.3 Å². The molecule has 0 atom stereocenters. The van der Waals surface area contributed by atoms with Crippen LogP contribution < -0.4 is 11.1 Å². The van der Waals surface area contributed by atoms with Crippen LogP contribution >= 0.6 is 11.6 Å². The summed E-state index contributed by atoms with van der Waals surface area (Å²) in [5, 5.41) is 2.80. The molecule has 0 radical (unpaired) electrons. The van der Waals surface area contributed by atoms with Crippen LogP contribution in [0, 0.1) is 5.82 Å². The van der Waals surface area contributed by atoms with Gasteiger partial charge in [-0.05, 0) is 24.3 Å². The average molecular weight is 266 g/mol. The number of rotatable bonds is 2. The number of nitrogens with two attached hydrogens (primary N) is 1. The zero-order chi connectivity index (χ0) is 13.1. The van der Waals surface area contributed by atoms with E-state index < -0.39 is 11.7 Å². The van der Waals surface area contributed by atoms with Crippen molar-refractivity contribution in [2.45, 2.75) is 0 Å². The Morgan fingerprint density at radius 1 is 1.39 bits per heavy atom. The summed E-state index contributed by atoms with van der Waals surface area (Å²) in [6, 6.07) is 5.36. The van der Waals surface area contributed by atoms with Crippen molar-refractivity contribution in [2.75, 3.05) is 11.1 Å². The number of anilines is 2. The van der Waals surface area contributed by atoms with Crippen LogP contribution in [0.25, 0.3) is 0 Å². The maximum absolute atomic E-state index is 13.5. The summed E-state index contributed by atoms with van der Waals surface area (Å²) in [5.41, 5.74) is 5.87. The molecule has 2 rings (SSSR count). The molecule has 6 heteroatoms. The third-order valence-electron chi connectivity index (χ3n) is 2.25. The van der Waals surface area contributed by atoms with E-state index in [-0.39, 0.29) is 11.3 Å². The minimum Gasteiger partial charge on any atom is -0.399 e. The minimum atomic E-state index is -0.687. The summed E-state index contributed by atoms with van der Waals surface area (Å²) in [5.74, 6) is -1.30. The molecule has 18 heavy (non-hydrogen) atoms. The molecule has 0 saturated heterocycles. The molecule has 92 valence electrons. The first-order valence-electron chi connectivity index (χ1n) is 5.04. The second kappa shape index (κ2) is 5.01. The van der Waals surface area contributed by atoms with Crippen molar-refractivity contribution in [3.63, 3.8) is 0 Å². The highest BCUT2D eigenvalue weighted by atomic mass is 35.5. The summed E-state index contributed by atoms with van der Waals surface area (Å²) in [4.78, 5) is 15.6. The number of benzene rings is 1. The number of pyridine rings is 1. The van der Waals surface area contributed by atoms with Crippen molar-refractivity contribution in [2.24, 2.45) is 0 Å². The van der Waals surface area contributed by atoms with Gasteiger partial charge in [-0.3, -0.25) is 9.78 Å². The second-order valence-corrected chi connectivity index (χ2v) is 3.96. The predicted molar refractivity (Wildman–Crippen MR) is 68.0 cm³/mol. The number of hydrogen-bond acceptors (Lipinski definition) is 3. The molecule has 1 amide bonds. The van der Waals surface area contributed by atoms with Crippen LogP contribution in [0.3, 0.4) is 0 Å². The normalized spacial score (nSPS) is 10.1. The van der Waals surface area contributed by atoms with Crippen LogP contribution in [0.1, 0.15) is 10.4 Å². The van der Waals surface area contributed by atoms with E-state index in [1.54, 1.807) is 0 Å². The SMILES string of the molecule is Nc1ccc(C(=O)Nc2cnccc2Cl)c(F)c1. The standard InChI is InChI=1S/C12H9ClFN3O/c13-9-3-4-16-6-11(9)17-12(18)8-2-1-7(15)5-10(8)14/h1-6H,15H2,(H,17,18). The minimum absolute atomic E-state index is 0.107. The van der Waals surface area contributed by atoms with Crippen LogP contribution in [-0.4, -0.2) is 10.9 Å². The van der Waals surface area contributed by atoms with Crippen LogP contribution in [0.4, 0.5) is 15.8 Å². The van der Waals surface area contributed by atoms with E-state index in [1.165, 1.54) is 30.6 Å². The van der Waals surface area contributed by atoms with Gasteiger partial charge in [0.15, 0.2) is 0 Å². The van der Waals surface area contributed by atoms with E-state index in [0.717, 1.165) is 6.07 Å². The molecule has 0 spiro atoms. The van der Waals surface area contributed by atoms with Crippen LogP contribution in [0.15, 0.2) is 36.7 Å². The lowest BCUT2D eigenvalue weighted by Gasteiger charge is -2.07. The van der Waals surface area contributed by atoms with Crippen molar-refractivity contribution in [1.82, 2.24) is 4.98 Å². The second-order valence-electron chi connectivity index (χ2n) is 3.55. The summed E-state index contributed by atoms with van der Waals surface area (Å²) < 4.78 is 13.5. The highest BCUT2D eigenvalue weighted by molar-refractivity contribution is 6.33. The van der Waals surface area contributed by atoms with Gasteiger partial charge in [0.05, 0.1) is 22.5 Å². The smallest absolute Gasteiger partial charge is 0.258 e. The maximum atomic E-state index is 13.5. The number of nitrogen functional groups attached to an aromatic ring is 1. The zero-order valence-electron chi connectivity index (χ0n) is 9.15. The lowest BCUT2D eigenvalue weighted by atomic mass is 10.2. The lowest BCUT2D eigenvalue weighted by molar-refractivity contribution is 0.102. The van der Waals surface area contributed by atoms with Crippen LogP contribution in [0.2, 0.25) is 5.02 Å².